The zero-order chi connectivity index (χ0) is 18.3. The number of rotatable bonds is 2. The standard InChI is InChI=1S/C18H24BrNO4/c1-17(2,3)23-15(21)13-10-20(16(22)24-18(4,5)6)14-8-7-11(19)9-12(13)14/h7-10,15,21H,1-6H3. The van der Waals surface area contributed by atoms with Gasteiger partial charge in [0, 0.05) is 21.6 Å². The van der Waals surface area contributed by atoms with Crippen LogP contribution in [0, 0.1) is 0 Å². The molecule has 0 spiro atoms. The van der Waals surface area contributed by atoms with Crippen molar-refractivity contribution >= 4 is 32.9 Å². The quantitative estimate of drug-likeness (QED) is 0.724. The Hall–Kier alpha value is -1.37. The molecule has 0 saturated carbocycles. The van der Waals surface area contributed by atoms with Gasteiger partial charge < -0.3 is 14.6 Å². The molecule has 0 amide bonds. The van der Waals surface area contributed by atoms with Crippen molar-refractivity contribution in [2.75, 3.05) is 0 Å². The predicted octanol–water partition coefficient (Wildman–Crippen LogP) is 4.99. The molecule has 2 rings (SSSR count). The SMILES string of the molecule is CC(C)(C)OC(=O)n1cc(C(O)OC(C)(C)C)c2cc(Br)ccc21. The number of halogens is 1. The summed E-state index contributed by atoms with van der Waals surface area (Å²) in [4.78, 5) is 12.5. The molecule has 1 heterocycles. The third-order valence-corrected chi connectivity index (χ3v) is 3.61. The lowest BCUT2D eigenvalue weighted by molar-refractivity contribution is -0.168. The molecule has 1 N–H and O–H groups in total. The number of benzene rings is 1. The Morgan fingerprint density at radius 2 is 1.79 bits per heavy atom. The highest BCUT2D eigenvalue weighted by Crippen LogP contribution is 2.32. The Balaban J connectivity index is 2.52. The number of aliphatic hydroxyl groups is 1. The van der Waals surface area contributed by atoms with Crippen LogP contribution in [0.4, 0.5) is 4.79 Å². The number of carbonyl (C=O) groups excluding carboxylic acids is 1. The number of aromatic nitrogens is 1. The largest absolute Gasteiger partial charge is 0.443 e. The second kappa shape index (κ2) is 6.50. The molecule has 132 valence electrons. The van der Waals surface area contributed by atoms with Crippen molar-refractivity contribution in [3.05, 3.63) is 34.4 Å². The number of nitrogens with zero attached hydrogens (tertiary/aromatic N) is 1. The summed E-state index contributed by atoms with van der Waals surface area (Å²) in [5.74, 6) is 0. The van der Waals surface area contributed by atoms with Crippen LogP contribution in [0.5, 0.6) is 0 Å². The van der Waals surface area contributed by atoms with Crippen LogP contribution in [0.3, 0.4) is 0 Å². The fourth-order valence-electron chi connectivity index (χ4n) is 2.29. The molecule has 2 aromatic rings. The summed E-state index contributed by atoms with van der Waals surface area (Å²) >= 11 is 3.42. The maximum absolute atomic E-state index is 12.5. The summed E-state index contributed by atoms with van der Waals surface area (Å²) in [6, 6.07) is 5.49. The summed E-state index contributed by atoms with van der Waals surface area (Å²) < 4.78 is 13.3. The van der Waals surface area contributed by atoms with Gasteiger partial charge in [-0.2, -0.15) is 0 Å². The number of carbonyl (C=O) groups is 1. The summed E-state index contributed by atoms with van der Waals surface area (Å²) in [5, 5.41) is 11.2. The molecule has 0 aliphatic carbocycles. The average Bonchev–Trinajstić information content (AvgIpc) is 2.73. The van der Waals surface area contributed by atoms with Gasteiger partial charge in [-0.3, -0.25) is 4.57 Å². The van der Waals surface area contributed by atoms with Crippen LogP contribution in [0.15, 0.2) is 28.9 Å². The smallest absolute Gasteiger partial charge is 0.419 e. The Morgan fingerprint density at radius 1 is 1.17 bits per heavy atom. The Labute approximate surface area is 150 Å². The van der Waals surface area contributed by atoms with Gasteiger partial charge in [-0.05, 0) is 59.7 Å². The van der Waals surface area contributed by atoms with E-state index in [4.69, 9.17) is 9.47 Å². The van der Waals surface area contributed by atoms with Crippen LogP contribution < -0.4 is 0 Å². The number of hydrogen-bond acceptors (Lipinski definition) is 4. The van der Waals surface area contributed by atoms with Crippen molar-refractivity contribution in [2.45, 2.75) is 59.0 Å². The van der Waals surface area contributed by atoms with E-state index in [2.05, 4.69) is 15.9 Å². The maximum Gasteiger partial charge on any atom is 0.419 e. The fraction of sp³-hybridized carbons (Fsp3) is 0.500. The molecule has 1 unspecified atom stereocenters. The van der Waals surface area contributed by atoms with Gasteiger partial charge in [-0.15, -0.1) is 0 Å². The zero-order valence-corrected chi connectivity index (χ0v) is 16.5. The summed E-state index contributed by atoms with van der Waals surface area (Å²) in [7, 11) is 0. The molecule has 1 atom stereocenters. The lowest BCUT2D eigenvalue weighted by atomic mass is 10.1. The third-order valence-electron chi connectivity index (χ3n) is 3.12. The molecule has 0 saturated heterocycles. The van der Waals surface area contributed by atoms with Gasteiger partial charge in [0.05, 0.1) is 11.1 Å². The first-order valence-corrected chi connectivity index (χ1v) is 8.56. The lowest BCUT2D eigenvalue weighted by Crippen LogP contribution is -2.26. The van der Waals surface area contributed by atoms with Crippen molar-refractivity contribution in [3.63, 3.8) is 0 Å². The second-order valence-electron chi connectivity index (χ2n) is 7.68. The van der Waals surface area contributed by atoms with E-state index in [0.717, 1.165) is 9.86 Å². The molecular formula is C18H24BrNO4. The van der Waals surface area contributed by atoms with Crippen LogP contribution in [-0.2, 0) is 9.47 Å². The van der Waals surface area contributed by atoms with E-state index >= 15 is 0 Å². The first kappa shape index (κ1) is 19.0. The first-order valence-electron chi connectivity index (χ1n) is 7.77. The topological polar surface area (TPSA) is 60.7 Å². The predicted molar refractivity (Wildman–Crippen MR) is 97.1 cm³/mol. The van der Waals surface area contributed by atoms with E-state index in [9.17, 15) is 9.90 Å². The number of fused-ring (bicyclic) bond motifs is 1. The van der Waals surface area contributed by atoms with E-state index in [-0.39, 0.29) is 0 Å². The van der Waals surface area contributed by atoms with E-state index < -0.39 is 23.6 Å². The summed E-state index contributed by atoms with van der Waals surface area (Å²) in [6.07, 6.45) is -0.0729. The minimum Gasteiger partial charge on any atom is -0.443 e. The van der Waals surface area contributed by atoms with Gasteiger partial charge in [0.25, 0.3) is 0 Å². The van der Waals surface area contributed by atoms with Gasteiger partial charge in [0.2, 0.25) is 0 Å². The van der Waals surface area contributed by atoms with Crippen molar-refractivity contribution in [1.29, 1.82) is 0 Å². The third kappa shape index (κ3) is 4.59. The summed E-state index contributed by atoms with van der Waals surface area (Å²) in [5.41, 5.74) is 0.0428. The molecule has 0 bridgehead atoms. The number of hydrogen-bond donors (Lipinski definition) is 1. The highest BCUT2D eigenvalue weighted by Gasteiger charge is 2.25. The molecule has 0 fully saturated rings. The normalized spacial score (nSPS) is 14.0. The second-order valence-corrected chi connectivity index (χ2v) is 8.59. The maximum atomic E-state index is 12.5. The molecule has 6 heteroatoms. The monoisotopic (exact) mass is 397 g/mol. The van der Waals surface area contributed by atoms with Crippen LogP contribution in [0.1, 0.15) is 53.4 Å². The molecule has 5 nitrogen and oxygen atoms in total. The van der Waals surface area contributed by atoms with Gasteiger partial charge in [0.15, 0.2) is 6.29 Å². The van der Waals surface area contributed by atoms with Crippen molar-refractivity contribution < 1.29 is 19.4 Å². The van der Waals surface area contributed by atoms with Crippen molar-refractivity contribution in [3.8, 4) is 0 Å². The Kier molecular flexibility index (Phi) is 5.14. The summed E-state index contributed by atoms with van der Waals surface area (Å²) in [6.45, 7) is 11.0. The van der Waals surface area contributed by atoms with Crippen LogP contribution in [-0.4, -0.2) is 27.0 Å². The zero-order valence-electron chi connectivity index (χ0n) is 14.9. The fourth-order valence-corrected chi connectivity index (χ4v) is 2.65. The van der Waals surface area contributed by atoms with Crippen molar-refractivity contribution in [1.82, 2.24) is 4.57 Å². The van der Waals surface area contributed by atoms with Gasteiger partial charge in [-0.25, -0.2) is 4.79 Å². The Morgan fingerprint density at radius 3 is 2.33 bits per heavy atom. The van der Waals surface area contributed by atoms with E-state index in [1.165, 1.54) is 4.57 Å². The highest BCUT2D eigenvalue weighted by atomic mass is 79.9. The van der Waals surface area contributed by atoms with Crippen molar-refractivity contribution in [2.24, 2.45) is 0 Å². The molecule has 0 radical (unpaired) electrons. The first-order chi connectivity index (χ1) is 10.9. The van der Waals surface area contributed by atoms with Gasteiger partial charge in [-0.1, -0.05) is 15.9 Å². The molecule has 0 aliphatic heterocycles. The minimum absolute atomic E-state index is 0.496. The Bertz CT molecular complexity index is 753. The van der Waals surface area contributed by atoms with Gasteiger partial charge in [0.1, 0.15) is 5.60 Å². The van der Waals surface area contributed by atoms with Crippen LogP contribution in [0.25, 0.3) is 10.9 Å². The van der Waals surface area contributed by atoms with Crippen LogP contribution >= 0.6 is 15.9 Å². The number of ether oxygens (including phenoxy) is 2. The molecule has 24 heavy (non-hydrogen) atoms. The van der Waals surface area contributed by atoms with Crippen LogP contribution in [0.2, 0.25) is 0 Å². The molecule has 0 aliphatic rings. The minimum atomic E-state index is -1.15. The molecule has 1 aromatic heterocycles. The molecule has 1 aromatic carbocycles. The van der Waals surface area contributed by atoms with E-state index in [1.54, 1.807) is 12.3 Å². The van der Waals surface area contributed by atoms with E-state index in [0.29, 0.717) is 11.1 Å². The average molecular weight is 398 g/mol. The lowest BCUT2D eigenvalue weighted by Gasteiger charge is -2.23. The molecular weight excluding hydrogens is 374 g/mol. The van der Waals surface area contributed by atoms with Gasteiger partial charge >= 0.3 is 6.09 Å². The highest BCUT2D eigenvalue weighted by molar-refractivity contribution is 9.10. The number of aliphatic hydroxyl groups excluding tert-OH is 1. The van der Waals surface area contributed by atoms with E-state index in [1.807, 2.05) is 53.7 Å².